The van der Waals surface area contributed by atoms with Crippen molar-refractivity contribution in [2.45, 2.75) is 0 Å². The highest BCUT2D eigenvalue weighted by molar-refractivity contribution is 6.05. The summed E-state index contributed by atoms with van der Waals surface area (Å²) in [6, 6.07) is 12.3. The number of para-hydroxylation sites is 2. The molecule has 2 aliphatic rings. The van der Waals surface area contributed by atoms with E-state index in [4.69, 9.17) is 4.42 Å². The van der Waals surface area contributed by atoms with Crippen LogP contribution in [-0.2, 0) is 0 Å². The third-order valence-electron chi connectivity index (χ3n) is 4.11. The molecule has 6 heteroatoms. The van der Waals surface area contributed by atoms with Crippen molar-refractivity contribution >= 4 is 11.0 Å². The van der Waals surface area contributed by atoms with E-state index in [9.17, 15) is 25.2 Å². The van der Waals surface area contributed by atoms with Crippen LogP contribution in [0.15, 0.2) is 57.7 Å². The number of hydrogen-bond donors (Lipinski definition) is 4. The van der Waals surface area contributed by atoms with Crippen LogP contribution in [-0.4, -0.2) is 20.4 Å². The molecule has 0 aromatic heterocycles. The number of rotatable bonds is 1. The lowest BCUT2D eigenvalue weighted by Gasteiger charge is -2.17. The van der Waals surface area contributed by atoms with E-state index in [1.54, 1.807) is 30.3 Å². The maximum Gasteiger partial charge on any atom is 0.227 e. The summed E-state index contributed by atoms with van der Waals surface area (Å²) in [5.41, 5.74) is 0.257. The van der Waals surface area contributed by atoms with Crippen molar-refractivity contribution in [3.8, 4) is 45.4 Å². The first-order valence-electron chi connectivity index (χ1n) is 7.41. The molecule has 6 nitrogen and oxygen atoms in total. The van der Waals surface area contributed by atoms with Crippen molar-refractivity contribution in [1.82, 2.24) is 0 Å². The van der Waals surface area contributed by atoms with Gasteiger partial charge in [-0.2, -0.15) is 0 Å². The summed E-state index contributed by atoms with van der Waals surface area (Å²) in [5, 5.41) is 40.9. The van der Waals surface area contributed by atoms with Gasteiger partial charge >= 0.3 is 0 Å². The number of aromatic hydroxyl groups is 4. The van der Waals surface area contributed by atoms with Gasteiger partial charge in [0.05, 0.1) is 5.56 Å². The predicted molar refractivity (Wildman–Crippen MR) is 91.2 cm³/mol. The SMILES string of the molecule is O=c1cc2oc3ccccc3c(-c3cccc(O)c3O)c-2c(O)c1O. The highest BCUT2D eigenvalue weighted by Gasteiger charge is 2.26. The fraction of sp³-hybridized carbons (Fsp3) is 0. The second-order valence-corrected chi connectivity index (χ2v) is 5.59. The van der Waals surface area contributed by atoms with E-state index >= 15 is 0 Å². The zero-order valence-corrected chi connectivity index (χ0v) is 12.7. The van der Waals surface area contributed by atoms with E-state index in [-0.39, 0.29) is 28.4 Å². The van der Waals surface area contributed by atoms with Crippen molar-refractivity contribution in [2.24, 2.45) is 0 Å². The maximum absolute atomic E-state index is 11.8. The highest BCUT2D eigenvalue weighted by atomic mass is 16.3. The first-order valence-corrected chi connectivity index (χ1v) is 7.41. The highest BCUT2D eigenvalue weighted by Crippen LogP contribution is 2.49. The minimum absolute atomic E-state index is 0.0525. The van der Waals surface area contributed by atoms with Crippen LogP contribution in [0.3, 0.4) is 0 Å². The van der Waals surface area contributed by atoms with Crippen molar-refractivity contribution in [3.05, 3.63) is 58.8 Å². The quantitative estimate of drug-likeness (QED) is 0.313. The van der Waals surface area contributed by atoms with Crippen LogP contribution >= 0.6 is 0 Å². The molecule has 2 aromatic carbocycles. The fourth-order valence-corrected chi connectivity index (χ4v) is 2.96. The van der Waals surface area contributed by atoms with Crippen molar-refractivity contribution in [3.63, 3.8) is 0 Å². The maximum atomic E-state index is 11.8. The molecule has 0 atom stereocenters. The molecule has 4 rings (SSSR count). The Bertz CT molecular complexity index is 1160. The Kier molecular flexibility index (Phi) is 3.08. The molecule has 0 spiro atoms. The molecule has 0 amide bonds. The third-order valence-corrected chi connectivity index (χ3v) is 4.11. The van der Waals surface area contributed by atoms with Crippen LogP contribution in [0.5, 0.6) is 23.0 Å². The molecule has 1 aliphatic heterocycles. The van der Waals surface area contributed by atoms with Crippen LogP contribution < -0.4 is 5.43 Å². The largest absolute Gasteiger partial charge is 0.504 e. The van der Waals surface area contributed by atoms with E-state index in [1.165, 1.54) is 12.1 Å². The Morgan fingerprint density at radius 3 is 2.32 bits per heavy atom. The van der Waals surface area contributed by atoms with Crippen molar-refractivity contribution < 1.29 is 24.8 Å². The Hall–Kier alpha value is -3.67. The van der Waals surface area contributed by atoms with Gasteiger partial charge in [0.15, 0.2) is 17.2 Å². The average molecular weight is 336 g/mol. The van der Waals surface area contributed by atoms with Crippen LogP contribution in [0, 0.1) is 0 Å². The molecule has 0 bridgehead atoms. The Morgan fingerprint density at radius 1 is 0.760 bits per heavy atom. The Balaban J connectivity index is 2.30. The molecule has 4 N–H and O–H groups in total. The van der Waals surface area contributed by atoms with Gasteiger partial charge in [0.1, 0.15) is 11.3 Å². The number of phenolic OH excluding ortho intramolecular Hbond substituents is 4. The lowest BCUT2D eigenvalue weighted by atomic mass is 9.92. The molecule has 2 aromatic rings. The Labute approximate surface area is 140 Å². The lowest BCUT2D eigenvalue weighted by molar-refractivity contribution is 0.399. The van der Waals surface area contributed by atoms with Gasteiger partial charge in [-0.25, -0.2) is 0 Å². The van der Waals surface area contributed by atoms with E-state index < -0.39 is 16.9 Å². The van der Waals surface area contributed by atoms with Gasteiger partial charge in [0.2, 0.25) is 11.2 Å². The molecule has 1 aliphatic carbocycles. The van der Waals surface area contributed by atoms with E-state index in [2.05, 4.69) is 0 Å². The first-order chi connectivity index (χ1) is 12.0. The molecular formula is C19H12O6. The van der Waals surface area contributed by atoms with Crippen molar-refractivity contribution in [2.75, 3.05) is 0 Å². The summed E-state index contributed by atoms with van der Waals surface area (Å²) >= 11 is 0. The van der Waals surface area contributed by atoms with Gasteiger partial charge in [-0.1, -0.05) is 30.3 Å². The smallest absolute Gasteiger partial charge is 0.227 e. The lowest BCUT2D eigenvalue weighted by Crippen LogP contribution is -2.02. The topological polar surface area (TPSA) is 111 Å². The summed E-state index contributed by atoms with van der Waals surface area (Å²) in [4.78, 5) is 11.8. The van der Waals surface area contributed by atoms with Crippen LogP contribution in [0.4, 0.5) is 0 Å². The first kappa shape index (κ1) is 14.9. The summed E-state index contributed by atoms with van der Waals surface area (Å²) in [6.45, 7) is 0. The predicted octanol–water partition coefficient (Wildman–Crippen LogP) is 3.39. The van der Waals surface area contributed by atoms with E-state index in [0.717, 1.165) is 6.07 Å². The molecule has 124 valence electrons. The number of phenols is 4. The van der Waals surface area contributed by atoms with Crippen LogP contribution in [0.2, 0.25) is 0 Å². The summed E-state index contributed by atoms with van der Waals surface area (Å²) in [6.07, 6.45) is 0. The molecule has 0 fully saturated rings. The van der Waals surface area contributed by atoms with Gasteiger partial charge in [-0.3, -0.25) is 4.79 Å². The second-order valence-electron chi connectivity index (χ2n) is 5.59. The molecule has 0 saturated heterocycles. The van der Waals surface area contributed by atoms with Crippen molar-refractivity contribution in [1.29, 1.82) is 0 Å². The summed E-state index contributed by atoms with van der Waals surface area (Å²) in [7, 11) is 0. The van der Waals surface area contributed by atoms with Gasteiger partial charge in [-0.05, 0) is 12.1 Å². The number of benzene rings is 3. The standard InChI is InChI=1S/C19H12O6/c20-11-6-3-5-10(17(11)22)15-9-4-1-2-7-13(9)25-14-8-12(21)18(23)19(24)16(14)15/h1-8,20,22-24H. The average Bonchev–Trinajstić information content (AvgIpc) is 2.61. The van der Waals surface area contributed by atoms with Gasteiger partial charge in [0, 0.05) is 22.6 Å². The molecule has 0 unspecified atom stereocenters. The second kappa shape index (κ2) is 5.17. The molecule has 0 radical (unpaired) electrons. The third kappa shape index (κ3) is 2.08. The minimum atomic E-state index is -0.807. The number of hydrogen-bond acceptors (Lipinski definition) is 6. The molecule has 25 heavy (non-hydrogen) atoms. The molecule has 0 saturated carbocycles. The van der Waals surface area contributed by atoms with Crippen LogP contribution in [0.25, 0.3) is 33.4 Å². The molecule has 1 heterocycles. The van der Waals surface area contributed by atoms with E-state index in [0.29, 0.717) is 16.5 Å². The fourth-order valence-electron chi connectivity index (χ4n) is 2.96. The van der Waals surface area contributed by atoms with Gasteiger partial charge < -0.3 is 24.8 Å². The normalized spacial score (nSPS) is 11.2. The minimum Gasteiger partial charge on any atom is -0.504 e. The number of fused-ring (bicyclic) bond motifs is 2. The summed E-state index contributed by atoms with van der Waals surface area (Å²) < 4.78 is 5.68. The monoisotopic (exact) mass is 336 g/mol. The van der Waals surface area contributed by atoms with Gasteiger partial charge in [-0.15, -0.1) is 0 Å². The zero-order valence-electron chi connectivity index (χ0n) is 12.7. The van der Waals surface area contributed by atoms with Crippen LogP contribution in [0.1, 0.15) is 0 Å². The Morgan fingerprint density at radius 2 is 1.52 bits per heavy atom. The van der Waals surface area contributed by atoms with E-state index in [1.807, 2.05) is 0 Å². The van der Waals surface area contributed by atoms with Gasteiger partial charge in [0.25, 0.3) is 0 Å². The summed E-state index contributed by atoms with van der Waals surface area (Å²) in [5.74, 6) is -2.12. The molecular weight excluding hydrogens is 324 g/mol. The zero-order chi connectivity index (χ0) is 17.7.